The highest BCUT2D eigenvalue weighted by Gasteiger charge is 2.29. The fraction of sp³-hybridized carbons (Fsp3) is 0.333. The Kier molecular flexibility index (Phi) is 6.44. The molecule has 156 valence electrons. The van der Waals surface area contributed by atoms with E-state index < -0.39 is 0 Å². The van der Waals surface area contributed by atoms with E-state index in [9.17, 15) is 4.79 Å². The quantitative estimate of drug-likeness (QED) is 0.540. The highest BCUT2D eigenvalue weighted by molar-refractivity contribution is 5.75. The van der Waals surface area contributed by atoms with E-state index in [1.807, 2.05) is 48.5 Å². The maximum absolute atomic E-state index is 12.1. The normalized spacial score (nSPS) is 16.9. The number of hydrogen-bond donors (Lipinski definition) is 0. The Morgan fingerprint density at radius 2 is 2.03 bits per heavy atom. The largest absolute Gasteiger partial charge is 0.487 e. The number of rotatable bonds is 7. The topological polar surface area (TPSA) is 64.8 Å². The summed E-state index contributed by atoms with van der Waals surface area (Å²) in [5.41, 5.74) is 2.78. The van der Waals surface area contributed by atoms with E-state index in [0.29, 0.717) is 19.0 Å². The third-order valence-corrected chi connectivity index (χ3v) is 5.33. The molecular weight excluding hydrogens is 380 g/mol. The summed E-state index contributed by atoms with van der Waals surface area (Å²) in [5, 5.41) is 0. The van der Waals surface area contributed by atoms with Gasteiger partial charge >= 0.3 is 5.97 Å². The summed E-state index contributed by atoms with van der Waals surface area (Å²) in [6, 6.07) is 17.6. The molecule has 0 spiro atoms. The van der Waals surface area contributed by atoms with Crippen molar-refractivity contribution in [1.29, 1.82) is 0 Å². The maximum Gasteiger partial charge on any atom is 0.323 e. The molecule has 0 aliphatic carbocycles. The number of piperidine rings is 1. The molecule has 6 nitrogen and oxygen atoms in total. The lowest BCUT2D eigenvalue weighted by Crippen LogP contribution is -2.44. The first-order valence-electron chi connectivity index (χ1n) is 10.3. The van der Waals surface area contributed by atoms with Crippen LogP contribution >= 0.6 is 0 Å². The number of carbonyl (C=O) groups excluding carboxylic acids is 1. The second kappa shape index (κ2) is 9.59. The number of esters is 1. The van der Waals surface area contributed by atoms with Crippen molar-refractivity contribution in [3.05, 3.63) is 72.1 Å². The number of benzene rings is 2. The SMILES string of the molecule is COC(=O)C1CCCCN1Cc1cccc(OCc2coc(-c3ccccc3)n2)c1. The highest BCUT2D eigenvalue weighted by atomic mass is 16.5. The third kappa shape index (κ3) is 4.89. The van der Waals surface area contributed by atoms with Crippen molar-refractivity contribution >= 4 is 5.97 Å². The summed E-state index contributed by atoms with van der Waals surface area (Å²) in [6.07, 6.45) is 4.63. The fourth-order valence-electron chi connectivity index (χ4n) is 3.80. The predicted molar refractivity (Wildman–Crippen MR) is 113 cm³/mol. The van der Waals surface area contributed by atoms with Gasteiger partial charge in [-0.25, -0.2) is 4.98 Å². The van der Waals surface area contributed by atoms with Crippen LogP contribution in [0.5, 0.6) is 5.75 Å². The van der Waals surface area contributed by atoms with Gasteiger partial charge in [0.15, 0.2) is 0 Å². The number of aromatic nitrogens is 1. The average Bonchev–Trinajstić information content (AvgIpc) is 3.28. The van der Waals surface area contributed by atoms with Gasteiger partial charge in [0.05, 0.1) is 7.11 Å². The van der Waals surface area contributed by atoms with Crippen LogP contribution in [0.25, 0.3) is 11.5 Å². The molecule has 1 fully saturated rings. The number of hydrogen-bond acceptors (Lipinski definition) is 6. The Balaban J connectivity index is 1.38. The summed E-state index contributed by atoms with van der Waals surface area (Å²) in [6.45, 7) is 1.92. The number of likely N-dealkylation sites (tertiary alicyclic amines) is 1. The van der Waals surface area contributed by atoms with E-state index in [4.69, 9.17) is 13.9 Å². The Labute approximate surface area is 176 Å². The molecule has 0 bridgehead atoms. The van der Waals surface area contributed by atoms with Crippen molar-refractivity contribution in [1.82, 2.24) is 9.88 Å². The van der Waals surface area contributed by atoms with Crippen molar-refractivity contribution in [2.75, 3.05) is 13.7 Å². The van der Waals surface area contributed by atoms with Crippen LogP contribution < -0.4 is 4.74 Å². The number of carbonyl (C=O) groups is 1. The number of ether oxygens (including phenoxy) is 2. The molecule has 0 N–H and O–H groups in total. The van der Waals surface area contributed by atoms with Gasteiger partial charge in [0, 0.05) is 12.1 Å². The van der Waals surface area contributed by atoms with Gasteiger partial charge in [0.25, 0.3) is 0 Å². The zero-order valence-electron chi connectivity index (χ0n) is 17.1. The molecule has 2 aromatic carbocycles. The summed E-state index contributed by atoms with van der Waals surface area (Å²) in [5.74, 6) is 1.20. The van der Waals surface area contributed by atoms with E-state index in [1.165, 1.54) is 7.11 Å². The van der Waals surface area contributed by atoms with E-state index in [2.05, 4.69) is 16.0 Å². The fourth-order valence-corrected chi connectivity index (χ4v) is 3.80. The first-order chi connectivity index (χ1) is 14.7. The van der Waals surface area contributed by atoms with Crippen molar-refractivity contribution < 1.29 is 18.7 Å². The van der Waals surface area contributed by atoms with Crippen LogP contribution in [-0.2, 0) is 22.7 Å². The number of methoxy groups -OCH3 is 1. The second-order valence-corrected chi connectivity index (χ2v) is 7.45. The van der Waals surface area contributed by atoms with E-state index in [1.54, 1.807) is 6.26 Å². The molecule has 0 saturated carbocycles. The molecular formula is C24H26N2O4. The molecule has 1 atom stereocenters. The van der Waals surface area contributed by atoms with Crippen LogP contribution in [0.1, 0.15) is 30.5 Å². The predicted octanol–water partition coefficient (Wildman–Crippen LogP) is 4.45. The Hall–Kier alpha value is -3.12. The smallest absolute Gasteiger partial charge is 0.323 e. The first-order valence-corrected chi connectivity index (χ1v) is 10.3. The molecule has 1 aromatic heterocycles. The Morgan fingerprint density at radius 1 is 1.17 bits per heavy atom. The number of oxazole rings is 1. The molecule has 0 radical (unpaired) electrons. The molecule has 1 aliphatic rings. The first kappa shape index (κ1) is 20.2. The van der Waals surface area contributed by atoms with Crippen molar-refractivity contribution in [3.63, 3.8) is 0 Å². The van der Waals surface area contributed by atoms with E-state index >= 15 is 0 Å². The summed E-state index contributed by atoms with van der Waals surface area (Å²) >= 11 is 0. The summed E-state index contributed by atoms with van der Waals surface area (Å²) in [4.78, 5) is 18.8. The van der Waals surface area contributed by atoms with Gasteiger partial charge < -0.3 is 13.9 Å². The molecule has 3 aromatic rings. The molecule has 30 heavy (non-hydrogen) atoms. The monoisotopic (exact) mass is 406 g/mol. The zero-order chi connectivity index (χ0) is 20.8. The van der Waals surface area contributed by atoms with Crippen molar-refractivity contribution in [2.45, 2.75) is 38.5 Å². The minimum atomic E-state index is -0.167. The van der Waals surface area contributed by atoms with Gasteiger partial charge in [0.1, 0.15) is 30.4 Å². The van der Waals surface area contributed by atoms with E-state index in [0.717, 1.165) is 48.4 Å². The summed E-state index contributed by atoms with van der Waals surface area (Å²) in [7, 11) is 1.46. The average molecular weight is 406 g/mol. The molecule has 1 aliphatic heterocycles. The Bertz CT molecular complexity index is 970. The lowest BCUT2D eigenvalue weighted by molar-refractivity contribution is -0.148. The van der Waals surface area contributed by atoms with Crippen LogP contribution in [0.3, 0.4) is 0 Å². The third-order valence-electron chi connectivity index (χ3n) is 5.33. The molecule has 6 heteroatoms. The lowest BCUT2D eigenvalue weighted by Gasteiger charge is -2.33. The molecule has 1 unspecified atom stereocenters. The minimum absolute atomic E-state index is 0.151. The standard InChI is InChI=1S/C24H26N2O4/c1-28-24(27)22-12-5-6-13-26(22)15-18-8-7-11-21(14-18)29-16-20-17-30-23(25-20)19-9-3-2-4-10-19/h2-4,7-11,14,17,22H,5-6,12-13,15-16H2,1H3. The number of nitrogens with zero attached hydrogens (tertiary/aromatic N) is 2. The van der Waals surface area contributed by atoms with Gasteiger partial charge in [-0.3, -0.25) is 9.69 Å². The summed E-state index contributed by atoms with van der Waals surface area (Å²) < 4.78 is 16.5. The van der Waals surface area contributed by atoms with Crippen LogP contribution in [0.4, 0.5) is 0 Å². The van der Waals surface area contributed by atoms with Gasteiger partial charge in [-0.15, -0.1) is 0 Å². The zero-order valence-corrected chi connectivity index (χ0v) is 17.1. The van der Waals surface area contributed by atoms with Gasteiger partial charge in [-0.05, 0) is 49.2 Å². The van der Waals surface area contributed by atoms with Crippen LogP contribution in [-0.4, -0.2) is 35.5 Å². The van der Waals surface area contributed by atoms with Gasteiger partial charge in [-0.2, -0.15) is 0 Å². The van der Waals surface area contributed by atoms with Crippen LogP contribution in [0, 0.1) is 0 Å². The second-order valence-electron chi connectivity index (χ2n) is 7.45. The van der Waals surface area contributed by atoms with Crippen molar-refractivity contribution in [3.8, 4) is 17.2 Å². The van der Waals surface area contributed by atoms with Crippen molar-refractivity contribution in [2.24, 2.45) is 0 Å². The Morgan fingerprint density at radius 3 is 2.87 bits per heavy atom. The van der Waals surface area contributed by atoms with Gasteiger partial charge in [0.2, 0.25) is 5.89 Å². The molecule has 2 heterocycles. The maximum atomic E-state index is 12.1. The van der Waals surface area contributed by atoms with Crippen LogP contribution in [0.2, 0.25) is 0 Å². The van der Waals surface area contributed by atoms with E-state index in [-0.39, 0.29) is 12.0 Å². The lowest BCUT2D eigenvalue weighted by atomic mass is 10.0. The highest BCUT2D eigenvalue weighted by Crippen LogP contribution is 2.23. The molecule has 4 rings (SSSR count). The van der Waals surface area contributed by atoms with Crippen LogP contribution in [0.15, 0.2) is 65.3 Å². The molecule has 1 saturated heterocycles. The molecule has 0 amide bonds. The minimum Gasteiger partial charge on any atom is -0.487 e. The van der Waals surface area contributed by atoms with Gasteiger partial charge in [-0.1, -0.05) is 36.8 Å².